The first-order valence-electron chi connectivity index (χ1n) is 7.42. The molecule has 0 heterocycles. The van der Waals surface area contributed by atoms with Crippen LogP contribution in [0, 0.1) is 6.92 Å². The summed E-state index contributed by atoms with van der Waals surface area (Å²) >= 11 is 0. The van der Waals surface area contributed by atoms with Gasteiger partial charge in [0.25, 0.3) is 0 Å². The van der Waals surface area contributed by atoms with Crippen molar-refractivity contribution in [1.82, 2.24) is 0 Å². The third-order valence-electron chi connectivity index (χ3n) is 3.40. The zero-order valence-corrected chi connectivity index (χ0v) is 13.4. The molecule has 22 heavy (non-hydrogen) atoms. The van der Waals surface area contributed by atoms with E-state index in [0.29, 0.717) is 13.0 Å². The maximum absolute atomic E-state index is 11.9. The van der Waals surface area contributed by atoms with Gasteiger partial charge < -0.3 is 15.5 Å². The number of anilines is 3. The van der Waals surface area contributed by atoms with Crippen LogP contribution in [0.4, 0.5) is 17.1 Å². The summed E-state index contributed by atoms with van der Waals surface area (Å²) in [6.45, 7) is 2.67. The molecule has 116 valence electrons. The minimum Gasteiger partial charge on any atom is -0.385 e. The van der Waals surface area contributed by atoms with Crippen molar-refractivity contribution < 1.29 is 4.79 Å². The molecular weight excluding hydrogens is 274 g/mol. The average molecular weight is 297 g/mol. The number of amides is 1. The average Bonchev–Trinajstić information content (AvgIpc) is 2.50. The number of carbonyl (C=O) groups excluding carboxylic acids is 1. The summed E-state index contributed by atoms with van der Waals surface area (Å²) in [5.41, 5.74) is 4.20. The highest BCUT2D eigenvalue weighted by atomic mass is 16.1. The van der Waals surface area contributed by atoms with E-state index in [-0.39, 0.29) is 5.91 Å². The van der Waals surface area contributed by atoms with E-state index in [2.05, 4.69) is 29.7 Å². The quantitative estimate of drug-likeness (QED) is 0.857. The van der Waals surface area contributed by atoms with Gasteiger partial charge in [-0.15, -0.1) is 0 Å². The van der Waals surface area contributed by atoms with E-state index in [1.807, 2.05) is 55.4 Å². The Balaban J connectivity index is 1.76. The molecule has 0 aliphatic heterocycles. The molecule has 2 rings (SSSR count). The van der Waals surface area contributed by atoms with E-state index >= 15 is 0 Å². The Labute approximate surface area is 132 Å². The number of carbonyl (C=O) groups is 1. The second-order valence-corrected chi connectivity index (χ2v) is 5.53. The molecule has 0 fully saturated rings. The Morgan fingerprint density at radius 1 is 0.955 bits per heavy atom. The van der Waals surface area contributed by atoms with Gasteiger partial charge in [0, 0.05) is 44.1 Å². The first-order chi connectivity index (χ1) is 10.5. The number of benzene rings is 2. The lowest BCUT2D eigenvalue weighted by molar-refractivity contribution is -0.115. The van der Waals surface area contributed by atoms with E-state index in [1.54, 1.807) is 0 Å². The van der Waals surface area contributed by atoms with Crippen LogP contribution in [0.3, 0.4) is 0 Å². The van der Waals surface area contributed by atoms with Gasteiger partial charge in [0.2, 0.25) is 5.91 Å². The smallest absolute Gasteiger partial charge is 0.226 e. The van der Waals surface area contributed by atoms with E-state index < -0.39 is 0 Å². The first kappa shape index (κ1) is 15.9. The molecule has 2 aromatic carbocycles. The van der Waals surface area contributed by atoms with Crippen molar-refractivity contribution in [1.29, 1.82) is 0 Å². The Morgan fingerprint density at radius 3 is 2.14 bits per heavy atom. The molecule has 2 aromatic rings. The third-order valence-corrected chi connectivity index (χ3v) is 3.40. The zero-order valence-electron chi connectivity index (χ0n) is 13.4. The highest BCUT2D eigenvalue weighted by Crippen LogP contribution is 2.15. The van der Waals surface area contributed by atoms with Crippen LogP contribution >= 0.6 is 0 Å². The van der Waals surface area contributed by atoms with Crippen molar-refractivity contribution in [3.8, 4) is 0 Å². The van der Waals surface area contributed by atoms with E-state index in [0.717, 1.165) is 17.1 Å². The van der Waals surface area contributed by atoms with Crippen LogP contribution in [-0.2, 0) is 4.79 Å². The van der Waals surface area contributed by atoms with Crippen LogP contribution in [0.2, 0.25) is 0 Å². The van der Waals surface area contributed by atoms with E-state index in [4.69, 9.17) is 0 Å². The summed E-state index contributed by atoms with van der Waals surface area (Å²) in [7, 11) is 3.98. The largest absolute Gasteiger partial charge is 0.385 e. The molecule has 2 N–H and O–H groups in total. The molecule has 0 aliphatic carbocycles. The highest BCUT2D eigenvalue weighted by molar-refractivity contribution is 5.91. The van der Waals surface area contributed by atoms with Gasteiger partial charge in [-0.1, -0.05) is 17.7 Å². The molecule has 0 spiro atoms. The van der Waals surface area contributed by atoms with Crippen LogP contribution in [0.5, 0.6) is 0 Å². The van der Waals surface area contributed by atoms with E-state index in [9.17, 15) is 4.79 Å². The molecule has 4 heteroatoms. The summed E-state index contributed by atoms with van der Waals surface area (Å²) < 4.78 is 0. The summed E-state index contributed by atoms with van der Waals surface area (Å²) in [6, 6.07) is 15.9. The van der Waals surface area contributed by atoms with Crippen molar-refractivity contribution in [2.45, 2.75) is 13.3 Å². The van der Waals surface area contributed by atoms with Crippen LogP contribution < -0.4 is 15.5 Å². The molecule has 0 unspecified atom stereocenters. The van der Waals surface area contributed by atoms with Crippen LogP contribution in [0.25, 0.3) is 0 Å². The zero-order chi connectivity index (χ0) is 15.9. The second kappa shape index (κ2) is 7.50. The molecule has 0 atom stereocenters. The number of nitrogens with one attached hydrogen (secondary N) is 2. The Kier molecular flexibility index (Phi) is 5.42. The Morgan fingerprint density at radius 2 is 1.55 bits per heavy atom. The second-order valence-electron chi connectivity index (χ2n) is 5.53. The third kappa shape index (κ3) is 4.81. The predicted molar refractivity (Wildman–Crippen MR) is 93.7 cm³/mol. The molecule has 0 saturated heterocycles. The molecule has 0 aliphatic rings. The SMILES string of the molecule is Cc1ccc(NCCC(=O)Nc2ccc(N(C)C)cc2)cc1. The van der Waals surface area contributed by atoms with Gasteiger partial charge >= 0.3 is 0 Å². The lowest BCUT2D eigenvalue weighted by Gasteiger charge is -2.13. The first-order valence-corrected chi connectivity index (χ1v) is 7.42. The number of rotatable bonds is 6. The van der Waals surface area contributed by atoms with Crippen molar-refractivity contribution in [3.05, 3.63) is 54.1 Å². The van der Waals surface area contributed by atoms with Crippen LogP contribution in [0.15, 0.2) is 48.5 Å². The molecule has 0 saturated carbocycles. The fourth-order valence-electron chi connectivity index (χ4n) is 2.06. The lowest BCUT2D eigenvalue weighted by atomic mass is 10.2. The van der Waals surface area contributed by atoms with Gasteiger partial charge in [0.1, 0.15) is 0 Å². The monoisotopic (exact) mass is 297 g/mol. The molecule has 4 nitrogen and oxygen atoms in total. The van der Waals surface area contributed by atoms with Crippen LogP contribution in [-0.4, -0.2) is 26.5 Å². The predicted octanol–water partition coefficient (Wildman–Crippen LogP) is 3.50. The number of hydrogen-bond acceptors (Lipinski definition) is 3. The number of nitrogens with zero attached hydrogens (tertiary/aromatic N) is 1. The molecule has 0 aromatic heterocycles. The van der Waals surface area contributed by atoms with Crippen LogP contribution in [0.1, 0.15) is 12.0 Å². The Hall–Kier alpha value is -2.49. The van der Waals surface area contributed by atoms with Gasteiger partial charge in [-0.05, 0) is 43.3 Å². The molecule has 1 amide bonds. The number of aryl methyl sites for hydroxylation is 1. The molecular formula is C18H23N3O. The fraction of sp³-hybridized carbons (Fsp3) is 0.278. The summed E-state index contributed by atoms with van der Waals surface area (Å²) in [5.74, 6) is 0.0113. The summed E-state index contributed by atoms with van der Waals surface area (Å²) in [4.78, 5) is 13.9. The summed E-state index contributed by atoms with van der Waals surface area (Å²) in [5, 5.41) is 6.15. The standard InChI is InChI=1S/C18H23N3O/c1-14-4-6-15(7-5-14)19-13-12-18(22)20-16-8-10-17(11-9-16)21(2)3/h4-11,19H,12-13H2,1-3H3,(H,20,22). The highest BCUT2D eigenvalue weighted by Gasteiger charge is 2.03. The minimum atomic E-state index is 0.0113. The van der Waals surface area contributed by atoms with Gasteiger partial charge in [0.05, 0.1) is 0 Å². The topological polar surface area (TPSA) is 44.4 Å². The lowest BCUT2D eigenvalue weighted by Crippen LogP contribution is -2.16. The maximum atomic E-state index is 11.9. The normalized spacial score (nSPS) is 10.1. The van der Waals surface area contributed by atoms with Crippen molar-refractivity contribution in [3.63, 3.8) is 0 Å². The summed E-state index contributed by atoms with van der Waals surface area (Å²) in [6.07, 6.45) is 0.434. The van der Waals surface area contributed by atoms with Crippen molar-refractivity contribution in [2.24, 2.45) is 0 Å². The molecule has 0 bridgehead atoms. The van der Waals surface area contributed by atoms with Gasteiger partial charge in [-0.25, -0.2) is 0 Å². The number of hydrogen-bond donors (Lipinski definition) is 2. The maximum Gasteiger partial charge on any atom is 0.226 e. The van der Waals surface area contributed by atoms with Gasteiger partial charge in [0.15, 0.2) is 0 Å². The van der Waals surface area contributed by atoms with Gasteiger partial charge in [-0.3, -0.25) is 4.79 Å². The van der Waals surface area contributed by atoms with E-state index in [1.165, 1.54) is 5.56 Å². The van der Waals surface area contributed by atoms with Crippen molar-refractivity contribution >= 4 is 23.0 Å². The molecule has 0 radical (unpaired) electrons. The minimum absolute atomic E-state index is 0.0113. The Bertz CT molecular complexity index is 603. The van der Waals surface area contributed by atoms with Crippen molar-refractivity contribution in [2.75, 3.05) is 36.2 Å². The van der Waals surface area contributed by atoms with Gasteiger partial charge in [-0.2, -0.15) is 0 Å². The fourth-order valence-corrected chi connectivity index (χ4v) is 2.06.